The topological polar surface area (TPSA) is 75.7 Å². The highest BCUT2D eigenvalue weighted by molar-refractivity contribution is 9.10. The monoisotopic (exact) mass is 454 g/mol. The van der Waals surface area contributed by atoms with Gasteiger partial charge in [0, 0.05) is 11.0 Å². The molecule has 0 aliphatic rings. The minimum absolute atomic E-state index is 0.261. The number of carbonyl (C=O) groups is 1. The van der Waals surface area contributed by atoms with Crippen molar-refractivity contribution in [3.8, 4) is 5.75 Å². The highest BCUT2D eigenvalue weighted by Crippen LogP contribution is 2.24. The number of rotatable bonds is 8. The van der Waals surface area contributed by atoms with Crippen LogP contribution in [0.5, 0.6) is 5.75 Å². The van der Waals surface area contributed by atoms with Crippen LogP contribution in [0.25, 0.3) is 0 Å². The minimum atomic E-state index is -3.58. The van der Waals surface area contributed by atoms with E-state index in [4.69, 9.17) is 4.74 Å². The van der Waals surface area contributed by atoms with Gasteiger partial charge in [-0.05, 0) is 54.8 Å². The molecule has 0 spiro atoms. The molecule has 0 saturated heterocycles. The summed E-state index contributed by atoms with van der Waals surface area (Å²) < 4.78 is 31.4. The number of benzene rings is 2. The zero-order valence-corrected chi connectivity index (χ0v) is 17.9. The van der Waals surface area contributed by atoms with Crippen LogP contribution in [0.3, 0.4) is 0 Å². The van der Waals surface area contributed by atoms with Crippen LogP contribution in [0.15, 0.2) is 46.9 Å². The van der Waals surface area contributed by atoms with Crippen LogP contribution in [0, 0.1) is 6.92 Å². The summed E-state index contributed by atoms with van der Waals surface area (Å²) in [5.41, 5.74) is 2.41. The Kier molecular flexibility index (Phi) is 7.26. The standard InChI is InChI=1S/C19H23BrN2O4S/c1-14-12-16(6-9-18(14)20)22(27(3,24)25)13-19(23)21-11-10-15-4-7-17(26-2)8-5-15/h4-9,12H,10-11,13H2,1-3H3,(H,21,23). The molecule has 27 heavy (non-hydrogen) atoms. The number of nitrogens with one attached hydrogen (secondary N) is 1. The van der Waals surface area contributed by atoms with Crippen molar-refractivity contribution in [3.63, 3.8) is 0 Å². The Bertz CT molecular complexity index is 898. The zero-order valence-electron chi connectivity index (χ0n) is 15.5. The van der Waals surface area contributed by atoms with E-state index in [0.29, 0.717) is 18.7 Å². The van der Waals surface area contributed by atoms with Gasteiger partial charge in [-0.3, -0.25) is 9.10 Å². The summed E-state index contributed by atoms with van der Waals surface area (Å²) in [5.74, 6) is 0.422. The Morgan fingerprint density at radius 1 is 1.19 bits per heavy atom. The van der Waals surface area contributed by atoms with Crippen LogP contribution in [0.4, 0.5) is 5.69 Å². The second-order valence-corrected chi connectivity index (χ2v) is 8.91. The number of carbonyl (C=O) groups excluding carboxylic acids is 1. The van der Waals surface area contributed by atoms with Gasteiger partial charge in [-0.2, -0.15) is 0 Å². The van der Waals surface area contributed by atoms with Gasteiger partial charge in [0.25, 0.3) is 0 Å². The van der Waals surface area contributed by atoms with Gasteiger partial charge in [-0.25, -0.2) is 8.42 Å². The lowest BCUT2D eigenvalue weighted by Gasteiger charge is -2.22. The fourth-order valence-electron chi connectivity index (χ4n) is 2.51. The number of halogens is 1. The Hall–Kier alpha value is -2.06. The molecule has 1 amide bonds. The number of hydrogen-bond donors (Lipinski definition) is 1. The first-order valence-electron chi connectivity index (χ1n) is 8.34. The lowest BCUT2D eigenvalue weighted by atomic mass is 10.1. The summed E-state index contributed by atoms with van der Waals surface area (Å²) in [5, 5.41) is 2.77. The maximum Gasteiger partial charge on any atom is 0.240 e. The van der Waals surface area contributed by atoms with Crippen LogP contribution in [0.2, 0.25) is 0 Å². The van der Waals surface area contributed by atoms with E-state index >= 15 is 0 Å². The number of methoxy groups -OCH3 is 1. The molecule has 0 bridgehead atoms. The molecule has 2 aromatic rings. The average Bonchev–Trinajstić information content (AvgIpc) is 2.62. The van der Waals surface area contributed by atoms with Gasteiger partial charge in [0.1, 0.15) is 12.3 Å². The number of anilines is 1. The summed E-state index contributed by atoms with van der Waals surface area (Å²) in [6.45, 7) is 2.02. The van der Waals surface area contributed by atoms with E-state index in [2.05, 4.69) is 21.2 Å². The third-order valence-electron chi connectivity index (χ3n) is 4.01. The molecule has 0 fully saturated rings. The molecule has 2 rings (SSSR count). The second-order valence-electron chi connectivity index (χ2n) is 6.15. The van der Waals surface area contributed by atoms with Crippen molar-refractivity contribution >= 4 is 37.5 Å². The third-order valence-corrected chi connectivity index (χ3v) is 6.04. The third kappa shape index (κ3) is 6.25. The molecule has 0 atom stereocenters. The van der Waals surface area contributed by atoms with E-state index in [9.17, 15) is 13.2 Å². The fraction of sp³-hybridized carbons (Fsp3) is 0.316. The number of nitrogens with zero attached hydrogens (tertiary/aromatic N) is 1. The number of ether oxygens (including phenoxy) is 1. The predicted molar refractivity (Wildman–Crippen MR) is 111 cm³/mol. The van der Waals surface area contributed by atoms with Crippen LogP contribution < -0.4 is 14.4 Å². The molecule has 8 heteroatoms. The van der Waals surface area contributed by atoms with E-state index < -0.39 is 10.0 Å². The molecular weight excluding hydrogens is 432 g/mol. The van der Waals surface area contributed by atoms with Crippen LogP contribution in [-0.4, -0.2) is 40.8 Å². The van der Waals surface area contributed by atoms with Gasteiger partial charge in [-0.15, -0.1) is 0 Å². The van der Waals surface area contributed by atoms with E-state index in [-0.39, 0.29) is 12.5 Å². The van der Waals surface area contributed by atoms with Crippen LogP contribution in [0.1, 0.15) is 11.1 Å². The number of amides is 1. The van der Waals surface area contributed by atoms with Crippen LogP contribution >= 0.6 is 15.9 Å². The molecule has 0 radical (unpaired) electrons. The summed E-state index contributed by atoms with van der Waals surface area (Å²) >= 11 is 3.39. The van der Waals surface area contributed by atoms with Crippen molar-refractivity contribution < 1.29 is 17.9 Å². The molecule has 1 N–H and O–H groups in total. The van der Waals surface area contributed by atoms with E-state index in [0.717, 1.165) is 31.9 Å². The number of aryl methyl sites for hydroxylation is 1. The Balaban J connectivity index is 1.98. The molecule has 0 saturated carbocycles. The lowest BCUT2D eigenvalue weighted by Crippen LogP contribution is -2.41. The smallest absolute Gasteiger partial charge is 0.240 e. The van der Waals surface area contributed by atoms with Gasteiger partial charge < -0.3 is 10.1 Å². The first-order chi connectivity index (χ1) is 12.7. The lowest BCUT2D eigenvalue weighted by molar-refractivity contribution is -0.119. The van der Waals surface area contributed by atoms with E-state index in [1.165, 1.54) is 0 Å². The summed E-state index contributed by atoms with van der Waals surface area (Å²) in [7, 11) is -1.98. The first kappa shape index (κ1) is 21.2. The number of hydrogen-bond acceptors (Lipinski definition) is 4. The summed E-state index contributed by atoms with van der Waals surface area (Å²) in [6, 6.07) is 12.7. The SMILES string of the molecule is COc1ccc(CCNC(=O)CN(c2ccc(Br)c(C)c2)S(C)(=O)=O)cc1. The van der Waals surface area contributed by atoms with Gasteiger partial charge >= 0.3 is 0 Å². The first-order valence-corrected chi connectivity index (χ1v) is 11.0. The fourth-order valence-corrected chi connectivity index (χ4v) is 3.60. The zero-order chi connectivity index (χ0) is 20.0. The van der Waals surface area contributed by atoms with Crippen molar-refractivity contribution in [3.05, 3.63) is 58.1 Å². The Morgan fingerprint density at radius 3 is 2.41 bits per heavy atom. The molecule has 2 aromatic carbocycles. The predicted octanol–water partition coefficient (Wildman–Crippen LogP) is 2.89. The summed E-state index contributed by atoms with van der Waals surface area (Å²) in [6.07, 6.45) is 1.74. The molecule has 0 aromatic heterocycles. The highest BCUT2D eigenvalue weighted by Gasteiger charge is 2.21. The highest BCUT2D eigenvalue weighted by atomic mass is 79.9. The van der Waals surface area contributed by atoms with Crippen molar-refractivity contribution in [1.29, 1.82) is 0 Å². The summed E-state index contributed by atoms with van der Waals surface area (Å²) in [4.78, 5) is 12.3. The van der Waals surface area contributed by atoms with Gasteiger partial charge in [-0.1, -0.05) is 28.1 Å². The molecule has 0 aliphatic heterocycles. The average molecular weight is 455 g/mol. The van der Waals surface area contributed by atoms with Crippen LogP contribution in [-0.2, 0) is 21.2 Å². The van der Waals surface area contributed by atoms with Gasteiger partial charge in [0.05, 0.1) is 19.1 Å². The maximum atomic E-state index is 12.3. The largest absolute Gasteiger partial charge is 0.497 e. The van der Waals surface area contributed by atoms with Crippen molar-refractivity contribution in [2.75, 3.05) is 30.8 Å². The van der Waals surface area contributed by atoms with E-state index in [1.54, 1.807) is 25.3 Å². The maximum absolute atomic E-state index is 12.3. The minimum Gasteiger partial charge on any atom is -0.497 e. The number of sulfonamides is 1. The normalized spacial score (nSPS) is 11.1. The molecule has 6 nitrogen and oxygen atoms in total. The van der Waals surface area contributed by atoms with Gasteiger partial charge in [0.15, 0.2) is 0 Å². The second kappa shape index (κ2) is 9.23. The molecule has 0 heterocycles. The van der Waals surface area contributed by atoms with Crippen molar-refractivity contribution in [1.82, 2.24) is 5.32 Å². The molecule has 0 unspecified atom stereocenters. The molecule has 0 aliphatic carbocycles. The molecule has 146 valence electrons. The Morgan fingerprint density at radius 2 is 1.85 bits per heavy atom. The Labute approximate surface area is 168 Å². The van der Waals surface area contributed by atoms with Gasteiger partial charge in [0.2, 0.25) is 15.9 Å². The molecular formula is C19H23BrN2O4S. The quantitative estimate of drug-likeness (QED) is 0.665. The van der Waals surface area contributed by atoms with E-state index in [1.807, 2.05) is 31.2 Å². The van der Waals surface area contributed by atoms with Crippen molar-refractivity contribution in [2.24, 2.45) is 0 Å². The van der Waals surface area contributed by atoms with Crippen molar-refractivity contribution in [2.45, 2.75) is 13.3 Å².